The van der Waals surface area contributed by atoms with Crippen LogP contribution in [0.2, 0.25) is 0 Å². The van der Waals surface area contributed by atoms with E-state index in [1.807, 2.05) is 0 Å². The van der Waals surface area contributed by atoms with Crippen molar-refractivity contribution in [3.63, 3.8) is 0 Å². The van der Waals surface area contributed by atoms with Crippen LogP contribution in [0.1, 0.15) is 11.8 Å². The fraction of sp³-hybridized carbons (Fsp3) is 0.286. The average Bonchev–Trinajstić information content (AvgIpc) is 2.04. The first-order chi connectivity index (χ1) is 5.25. The second-order valence-electron chi connectivity index (χ2n) is 2.13. The summed E-state index contributed by atoms with van der Waals surface area (Å²) in [7, 11) is 1.60. The van der Waals surface area contributed by atoms with Gasteiger partial charge in [0.15, 0.2) is 0 Å². The Morgan fingerprint density at radius 1 is 1.64 bits per heavy atom. The van der Waals surface area contributed by atoms with E-state index in [4.69, 9.17) is 5.11 Å². The van der Waals surface area contributed by atoms with Gasteiger partial charge in [0.25, 0.3) is 0 Å². The first-order valence-electron chi connectivity index (χ1n) is 3.24. The third kappa shape index (κ3) is 1.66. The van der Waals surface area contributed by atoms with E-state index in [-0.39, 0.29) is 5.75 Å². The van der Waals surface area contributed by atoms with E-state index in [1.54, 1.807) is 13.1 Å². The van der Waals surface area contributed by atoms with Crippen LogP contribution in [-0.2, 0) is 0 Å². The minimum absolute atomic E-state index is 0.00523. The van der Waals surface area contributed by atoms with Crippen molar-refractivity contribution in [2.75, 3.05) is 7.05 Å². The highest BCUT2D eigenvalue weighted by Crippen LogP contribution is 2.19. The highest BCUT2D eigenvalue weighted by molar-refractivity contribution is 5.29. The van der Waals surface area contributed by atoms with Gasteiger partial charge in [-0.25, -0.2) is 0 Å². The van der Waals surface area contributed by atoms with Gasteiger partial charge in [-0.3, -0.25) is 10.3 Å². The third-order valence-corrected chi connectivity index (χ3v) is 1.40. The van der Waals surface area contributed by atoms with Crippen LogP contribution in [0.15, 0.2) is 18.5 Å². The molecule has 1 heterocycles. The minimum Gasteiger partial charge on any atom is -0.506 e. The SMILES string of the molecule is CNC(O)c1ccncc1O. The highest BCUT2D eigenvalue weighted by Gasteiger charge is 2.07. The van der Waals surface area contributed by atoms with E-state index in [1.165, 1.54) is 12.4 Å². The van der Waals surface area contributed by atoms with Crippen LogP contribution in [0, 0.1) is 0 Å². The second-order valence-corrected chi connectivity index (χ2v) is 2.13. The van der Waals surface area contributed by atoms with Crippen molar-refractivity contribution in [1.82, 2.24) is 10.3 Å². The summed E-state index contributed by atoms with van der Waals surface area (Å²) in [5.41, 5.74) is 0.433. The van der Waals surface area contributed by atoms with Crippen LogP contribution < -0.4 is 5.32 Å². The zero-order valence-electron chi connectivity index (χ0n) is 6.15. The van der Waals surface area contributed by atoms with Crippen LogP contribution in [-0.4, -0.2) is 22.2 Å². The maximum Gasteiger partial charge on any atom is 0.141 e. The molecule has 1 rings (SSSR count). The summed E-state index contributed by atoms with van der Waals surface area (Å²) in [6.07, 6.45) is 1.96. The molecule has 0 spiro atoms. The molecule has 1 unspecified atom stereocenters. The molecular formula is C7H10N2O2. The first kappa shape index (κ1) is 7.97. The number of aliphatic hydroxyl groups excluding tert-OH is 1. The molecule has 1 aromatic heterocycles. The van der Waals surface area contributed by atoms with Crippen molar-refractivity contribution in [2.24, 2.45) is 0 Å². The molecule has 1 atom stereocenters. The predicted octanol–water partition coefficient (Wildman–Crippen LogP) is -0.00250. The smallest absolute Gasteiger partial charge is 0.141 e. The Hall–Kier alpha value is -1.13. The monoisotopic (exact) mass is 154 g/mol. The van der Waals surface area contributed by atoms with Crippen LogP contribution in [0.25, 0.3) is 0 Å². The maximum absolute atomic E-state index is 9.21. The van der Waals surface area contributed by atoms with Gasteiger partial charge in [-0.15, -0.1) is 0 Å². The summed E-state index contributed by atoms with van der Waals surface area (Å²) >= 11 is 0. The van der Waals surface area contributed by atoms with Crippen LogP contribution in [0.4, 0.5) is 0 Å². The Morgan fingerprint density at radius 3 is 2.91 bits per heavy atom. The average molecular weight is 154 g/mol. The number of hydrogen-bond acceptors (Lipinski definition) is 4. The number of hydrogen-bond donors (Lipinski definition) is 3. The van der Waals surface area contributed by atoms with Crippen molar-refractivity contribution >= 4 is 0 Å². The molecule has 0 saturated heterocycles. The molecular weight excluding hydrogens is 144 g/mol. The van der Waals surface area contributed by atoms with Crippen molar-refractivity contribution < 1.29 is 10.2 Å². The highest BCUT2D eigenvalue weighted by atomic mass is 16.3. The van der Waals surface area contributed by atoms with E-state index >= 15 is 0 Å². The predicted molar refractivity (Wildman–Crippen MR) is 39.9 cm³/mol. The van der Waals surface area contributed by atoms with Gasteiger partial charge < -0.3 is 10.2 Å². The molecule has 0 aliphatic heterocycles. The normalized spacial score (nSPS) is 12.9. The Morgan fingerprint density at radius 2 is 2.36 bits per heavy atom. The number of aromatic nitrogens is 1. The van der Waals surface area contributed by atoms with Gasteiger partial charge in [-0.05, 0) is 13.1 Å². The van der Waals surface area contributed by atoms with Gasteiger partial charge in [-0.2, -0.15) is 0 Å². The second kappa shape index (κ2) is 3.32. The Labute approximate surface area is 64.5 Å². The fourth-order valence-corrected chi connectivity index (χ4v) is 0.784. The van der Waals surface area contributed by atoms with E-state index < -0.39 is 6.23 Å². The molecule has 0 fully saturated rings. The molecule has 1 aromatic rings. The molecule has 0 saturated carbocycles. The maximum atomic E-state index is 9.21. The lowest BCUT2D eigenvalue weighted by Crippen LogP contribution is -2.15. The zero-order valence-corrected chi connectivity index (χ0v) is 6.15. The Kier molecular flexibility index (Phi) is 2.40. The molecule has 3 N–H and O–H groups in total. The van der Waals surface area contributed by atoms with E-state index in [0.29, 0.717) is 5.56 Å². The summed E-state index contributed by atoms with van der Waals surface area (Å²) < 4.78 is 0. The molecule has 4 heteroatoms. The number of pyridine rings is 1. The van der Waals surface area contributed by atoms with Crippen molar-refractivity contribution in [1.29, 1.82) is 0 Å². The lowest BCUT2D eigenvalue weighted by atomic mass is 10.2. The zero-order chi connectivity index (χ0) is 8.27. The Bertz CT molecular complexity index is 240. The Balaban J connectivity index is 2.93. The number of nitrogens with zero attached hydrogens (tertiary/aromatic N) is 1. The molecule has 0 radical (unpaired) electrons. The summed E-state index contributed by atoms with van der Waals surface area (Å²) in [6.45, 7) is 0. The summed E-state index contributed by atoms with van der Waals surface area (Å²) in [4.78, 5) is 3.67. The number of aliphatic hydroxyl groups is 1. The molecule has 0 aromatic carbocycles. The van der Waals surface area contributed by atoms with Crippen molar-refractivity contribution in [3.8, 4) is 5.75 Å². The van der Waals surface area contributed by atoms with Gasteiger partial charge in [0, 0.05) is 11.8 Å². The van der Waals surface area contributed by atoms with Gasteiger partial charge in [0.2, 0.25) is 0 Å². The standard InChI is InChI=1S/C7H10N2O2/c1-8-7(11)5-2-3-9-4-6(5)10/h2-4,7-8,10-11H,1H3. The fourth-order valence-electron chi connectivity index (χ4n) is 0.784. The van der Waals surface area contributed by atoms with E-state index in [9.17, 15) is 5.11 Å². The molecule has 60 valence electrons. The summed E-state index contributed by atoms with van der Waals surface area (Å²) in [5, 5.41) is 21.0. The largest absolute Gasteiger partial charge is 0.506 e. The molecule has 0 aliphatic carbocycles. The first-order valence-corrected chi connectivity index (χ1v) is 3.24. The van der Waals surface area contributed by atoms with Crippen LogP contribution in [0.5, 0.6) is 5.75 Å². The number of rotatable bonds is 2. The summed E-state index contributed by atoms with van der Waals surface area (Å²) in [5.74, 6) is -0.00523. The lowest BCUT2D eigenvalue weighted by molar-refractivity contribution is 0.145. The summed E-state index contributed by atoms with van der Waals surface area (Å²) in [6, 6.07) is 1.55. The number of aromatic hydroxyl groups is 1. The minimum atomic E-state index is -0.835. The number of nitrogens with one attached hydrogen (secondary N) is 1. The van der Waals surface area contributed by atoms with E-state index in [2.05, 4.69) is 10.3 Å². The molecule has 0 amide bonds. The molecule has 0 aliphatic rings. The topological polar surface area (TPSA) is 65.4 Å². The quantitative estimate of drug-likeness (QED) is 0.524. The van der Waals surface area contributed by atoms with Gasteiger partial charge in [0.1, 0.15) is 12.0 Å². The molecule has 0 bridgehead atoms. The van der Waals surface area contributed by atoms with Gasteiger partial charge in [0.05, 0.1) is 6.20 Å². The third-order valence-electron chi connectivity index (χ3n) is 1.40. The van der Waals surface area contributed by atoms with E-state index in [0.717, 1.165) is 0 Å². The van der Waals surface area contributed by atoms with Crippen molar-refractivity contribution in [3.05, 3.63) is 24.0 Å². The van der Waals surface area contributed by atoms with Crippen LogP contribution >= 0.6 is 0 Å². The van der Waals surface area contributed by atoms with Crippen molar-refractivity contribution in [2.45, 2.75) is 6.23 Å². The molecule has 11 heavy (non-hydrogen) atoms. The lowest BCUT2D eigenvalue weighted by Gasteiger charge is -2.09. The van der Waals surface area contributed by atoms with Crippen LogP contribution in [0.3, 0.4) is 0 Å². The molecule has 4 nitrogen and oxygen atoms in total. The van der Waals surface area contributed by atoms with Gasteiger partial charge >= 0.3 is 0 Å². The van der Waals surface area contributed by atoms with Gasteiger partial charge in [-0.1, -0.05) is 0 Å².